The average molecular weight is 444 g/mol. The van der Waals surface area contributed by atoms with Crippen LogP contribution >= 0.6 is 0 Å². The van der Waals surface area contributed by atoms with Crippen molar-refractivity contribution >= 4 is 17.6 Å². The number of hydrogen-bond acceptors (Lipinski definition) is 5. The van der Waals surface area contributed by atoms with Gasteiger partial charge >= 0.3 is 6.18 Å². The van der Waals surface area contributed by atoms with Crippen molar-refractivity contribution < 1.29 is 27.5 Å². The molecular formula is C22H19F3N4O3. The molecule has 2 amide bonds. The molecule has 2 aromatic heterocycles. The molecular weight excluding hydrogens is 425 g/mol. The van der Waals surface area contributed by atoms with Crippen LogP contribution < -0.4 is 15.4 Å². The van der Waals surface area contributed by atoms with Gasteiger partial charge in [0, 0.05) is 29.6 Å². The normalized spacial score (nSPS) is 12.0. The van der Waals surface area contributed by atoms with Gasteiger partial charge < -0.3 is 15.4 Å². The second-order valence-corrected chi connectivity index (χ2v) is 6.78. The monoisotopic (exact) mass is 444 g/mol. The molecule has 3 rings (SSSR count). The predicted octanol–water partition coefficient (Wildman–Crippen LogP) is 4.16. The number of pyridine rings is 2. The van der Waals surface area contributed by atoms with E-state index in [1.807, 2.05) is 0 Å². The van der Waals surface area contributed by atoms with E-state index < -0.39 is 24.7 Å². The van der Waals surface area contributed by atoms with Gasteiger partial charge in [-0.15, -0.1) is 0 Å². The standard InChI is InChI=1S/C22H19F3N4O3/c1-14(17-7-8-19(27-12-17)32-13-22(23,24)25)28-21(31)16-9-10-26-18(11-16)29-20(30)15-5-3-2-4-6-15/h2-12,14H,13H2,1H3,(H,28,31)(H,26,29,30). The molecule has 0 saturated carbocycles. The summed E-state index contributed by atoms with van der Waals surface area (Å²) in [6, 6.07) is 13.8. The summed E-state index contributed by atoms with van der Waals surface area (Å²) in [5.74, 6) is -0.736. The number of alkyl halides is 3. The summed E-state index contributed by atoms with van der Waals surface area (Å²) in [6.45, 7) is 0.265. The van der Waals surface area contributed by atoms with E-state index in [2.05, 4.69) is 25.3 Å². The molecule has 3 aromatic rings. The molecule has 0 aliphatic carbocycles. The molecule has 32 heavy (non-hydrogen) atoms. The number of halogens is 3. The number of carbonyl (C=O) groups is 2. The number of hydrogen-bond donors (Lipinski definition) is 2. The van der Waals surface area contributed by atoms with Gasteiger partial charge in [-0.3, -0.25) is 9.59 Å². The van der Waals surface area contributed by atoms with Crippen LogP contribution in [0, 0.1) is 0 Å². The third-order valence-electron chi connectivity index (χ3n) is 4.29. The first-order valence-corrected chi connectivity index (χ1v) is 9.50. The highest BCUT2D eigenvalue weighted by Gasteiger charge is 2.28. The topological polar surface area (TPSA) is 93.2 Å². The van der Waals surface area contributed by atoms with E-state index >= 15 is 0 Å². The second kappa shape index (κ2) is 9.90. The van der Waals surface area contributed by atoms with Gasteiger partial charge in [0.25, 0.3) is 11.8 Å². The number of nitrogens with zero attached hydrogens (tertiary/aromatic N) is 2. The van der Waals surface area contributed by atoms with Crippen molar-refractivity contribution in [1.82, 2.24) is 15.3 Å². The minimum Gasteiger partial charge on any atom is -0.468 e. The van der Waals surface area contributed by atoms with Crippen molar-refractivity contribution in [3.8, 4) is 5.88 Å². The Labute approximate surface area is 181 Å². The predicted molar refractivity (Wildman–Crippen MR) is 110 cm³/mol. The number of ether oxygens (including phenoxy) is 1. The molecule has 1 unspecified atom stereocenters. The summed E-state index contributed by atoms with van der Waals surface area (Å²) in [4.78, 5) is 32.7. The molecule has 1 aromatic carbocycles. The Hall–Kier alpha value is -3.95. The van der Waals surface area contributed by atoms with Gasteiger partial charge in [-0.1, -0.05) is 24.3 Å². The van der Waals surface area contributed by atoms with Gasteiger partial charge in [0.05, 0.1) is 6.04 Å². The largest absolute Gasteiger partial charge is 0.468 e. The smallest absolute Gasteiger partial charge is 0.422 e. The molecule has 166 valence electrons. The molecule has 0 radical (unpaired) electrons. The number of nitrogens with one attached hydrogen (secondary N) is 2. The summed E-state index contributed by atoms with van der Waals surface area (Å²) in [7, 11) is 0. The summed E-state index contributed by atoms with van der Waals surface area (Å²) in [5, 5.41) is 5.39. The third-order valence-corrected chi connectivity index (χ3v) is 4.29. The van der Waals surface area contributed by atoms with Crippen molar-refractivity contribution in [3.63, 3.8) is 0 Å². The first-order valence-electron chi connectivity index (χ1n) is 9.50. The molecule has 1 atom stereocenters. The lowest BCUT2D eigenvalue weighted by atomic mass is 10.1. The molecule has 2 N–H and O–H groups in total. The van der Waals surface area contributed by atoms with E-state index in [1.54, 1.807) is 37.3 Å². The lowest BCUT2D eigenvalue weighted by Crippen LogP contribution is -2.27. The Bertz CT molecular complexity index is 1070. The molecule has 7 nitrogen and oxygen atoms in total. The van der Waals surface area contributed by atoms with Crippen LogP contribution in [0.25, 0.3) is 0 Å². The maximum Gasteiger partial charge on any atom is 0.422 e. The van der Waals surface area contributed by atoms with Gasteiger partial charge in [0.15, 0.2) is 6.61 Å². The molecule has 0 spiro atoms. The minimum absolute atomic E-state index is 0.169. The maximum absolute atomic E-state index is 12.6. The van der Waals surface area contributed by atoms with Crippen molar-refractivity contribution in [2.45, 2.75) is 19.1 Å². The molecule has 0 aliphatic rings. The van der Waals surface area contributed by atoms with E-state index in [0.717, 1.165) is 0 Å². The number of aromatic nitrogens is 2. The summed E-state index contributed by atoms with van der Waals surface area (Å²) in [5.41, 5.74) is 1.30. The second-order valence-electron chi connectivity index (χ2n) is 6.78. The summed E-state index contributed by atoms with van der Waals surface area (Å²) < 4.78 is 41.2. The van der Waals surface area contributed by atoms with Crippen LogP contribution in [-0.2, 0) is 0 Å². The zero-order valence-electron chi connectivity index (χ0n) is 16.9. The fourth-order valence-electron chi connectivity index (χ4n) is 2.67. The number of carbonyl (C=O) groups excluding carboxylic acids is 2. The highest BCUT2D eigenvalue weighted by Crippen LogP contribution is 2.19. The van der Waals surface area contributed by atoms with Crippen molar-refractivity contribution in [1.29, 1.82) is 0 Å². The first kappa shape index (κ1) is 22.7. The van der Waals surface area contributed by atoms with Crippen molar-refractivity contribution in [3.05, 3.63) is 83.7 Å². The Morgan fingerprint density at radius 3 is 2.41 bits per heavy atom. The third kappa shape index (κ3) is 6.53. The van der Waals surface area contributed by atoms with Crippen LogP contribution in [0.2, 0.25) is 0 Å². The fraction of sp³-hybridized carbons (Fsp3) is 0.182. The van der Waals surface area contributed by atoms with E-state index in [4.69, 9.17) is 0 Å². The van der Waals surface area contributed by atoms with Crippen LogP contribution in [0.3, 0.4) is 0 Å². The van der Waals surface area contributed by atoms with Crippen LogP contribution in [-0.4, -0.2) is 34.6 Å². The van der Waals surface area contributed by atoms with Gasteiger partial charge in [-0.2, -0.15) is 13.2 Å². The highest BCUT2D eigenvalue weighted by molar-refractivity contribution is 6.04. The Balaban J connectivity index is 1.60. The Morgan fingerprint density at radius 1 is 1.00 bits per heavy atom. The van der Waals surface area contributed by atoms with E-state index in [1.165, 1.54) is 36.7 Å². The fourth-order valence-corrected chi connectivity index (χ4v) is 2.67. The van der Waals surface area contributed by atoms with Crippen LogP contribution in [0.15, 0.2) is 67.0 Å². The van der Waals surface area contributed by atoms with Crippen molar-refractivity contribution in [2.75, 3.05) is 11.9 Å². The quantitative estimate of drug-likeness (QED) is 0.571. The van der Waals surface area contributed by atoms with Crippen LogP contribution in [0.1, 0.15) is 39.2 Å². The SMILES string of the molecule is CC(NC(=O)c1ccnc(NC(=O)c2ccccc2)c1)c1ccc(OCC(F)(F)F)nc1. The van der Waals surface area contributed by atoms with Crippen LogP contribution in [0.4, 0.5) is 19.0 Å². The summed E-state index contributed by atoms with van der Waals surface area (Å²) in [6.07, 6.45) is -1.73. The molecule has 0 aliphatic heterocycles. The first-order chi connectivity index (χ1) is 15.2. The maximum atomic E-state index is 12.6. The van der Waals surface area contributed by atoms with Gasteiger partial charge in [-0.05, 0) is 36.8 Å². The van der Waals surface area contributed by atoms with Gasteiger partial charge in [0.2, 0.25) is 5.88 Å². The van der Waals surface area contributed by atoms with E-state index in [0.29, 0.717) is 11.1 Å². The minimum atomic E-state index is -4.45. The summed E-state index contributed by atoms with van der Waals surface area (Å²) >= 11 is 0. The average Bonchev–Trinajstić information content (AvgIpc) is 2.78. The molecule has 0 bridgehead atoms. The number of amides is 2. The Kier molecular flexibility index (Phi) is 7.04. The zero-order chi connectivity index (χ0) is 23.1. The molecule has 0 saturated heterocycles. The lowest BCUT2D eigenvalue weighted by Gasteiger charge is -2.15. The highest BCUT2D eigenvalue weighted by atomic mass is 19.4. The molecule has 0 fully saturated rings. The molecule has 2 heterocycles. The van der Waals surface area contributed by atoms with Gasteiger partial charge in [0.1, 0.15) is 5.82 Å². The number of rotatable bonds is 7. The van der Waals surface area contributed by atoms with E-state index in [-0.39, 0.29) is 23.2 Å². The van der Waals surface area contributed by atoms with Crippen molar-refractivity contribution in [2.24, 2.45) is 0 Å². The number of anilines is 1. The number of benzene rings is 1. The van der Waals surface area contributed by atoms with E-state index in [9.17, 15) is 22.8 Å². The van der Waals surface area contributed by atoms with Gasteiger partial charge in [-0.25, -0.2) is 9.97 Å². The molecule has 10 heteroatoms. The zero-order valence-corrected chi connectivity index (χ0v) is 16.9. The lowest BCUT2D eigenvalue weighted by molar-refractivity contribution is -0.154. The van der Waals surface area contributed by atoms with Crippen LogP contribution in [0.5, 0.6) is 5.88 Å². The Morgan fingerprint density at radius 2 is 1.75 bits per heavy atom.